The van der Waals surface area contributed by atoms with Crippen LogP contribution in [0.25, 0.3) is 6.08 Å². The van der Waals surface area contributed by atoms with Crippen LogP contribution in [0.4, 0.5) is 0 Å². The van der Waals surface area contributed by atoms with Crippen LogP contribution in [-0.4, -0.2) is 25.7 Å². The number of nitrogens with one attached hydrogen (secondary N) is 1. The molecule has 1 aromatic rings. The van der Waals surface area contributed by atoms with Crippen molar-refractivity contribution < 1.29 is 14.3 Å². The standard InChI is InChI=1S/C17H20N2O3/c1-12(14-5-6-14)19-17(20)8-4-13-3-7-15(22-10-9-18)16(11-13)21-2/h3-4,7-8,11-12,14H,5-6,10H2,1-2H3,(H,19,20)/b8-4+. The lowest BCUT2D eigenvalue weighted by molar-refractivity contribution is -0.117. The highest BCUT2D eigenvalue weighted by Gasteiger charge is 2.28. The van der Waals surface area contributed by atoms with E-state index in [1.54, 1.807) is 18.2 Å². The third-order valence-electron chi connectivity index (χ3n) is 3.61. The lowest BCUT2D eigenvalue weighted by Crippen LogP contribution is -2.32. The number of carbonyl (C=O) groups is 1. The van der Waals surface area contributed by atoms with E-state index in [0.29, 0.717) is 17.4 Å². The molecule has 1 saturated carbocycles. The van der Waals surface area contributed by atoms with Crippen LogP contribution < -0.4 is 14.8 Å². The Morgan fingerprint density at radius 2 is 2.27 bits per heavy atom. The number of nitrogens with zero attached hydrogens (tertiary/aromatic N) is 1. The number of hydrogen-bond donors (Lipinski definition) is 1. The average molecular weight is 300 g/mol. The van der Waals surface area contributed by atoms with Crippen LogP contribution in [0, 0.1) is 17.2 Å². The zero-order chi connectivity index (χ0) is 15.9. The molecule has 116 valence electrons. The number of methoxy groups -OCH3 is 1. The van der Waals surface area contributed by atoms with Gasteiger partial charge in [0.25, 0.3) is 0 Å². The molecule has 0 aliphatic heterocycles. The zero-order valence-corrected chi connectivity index (χ0v) is 12.8. The molecule has 2 rings (SSSR count). The summed E-state index contributed by atoms with van der Waals surface area (Å²) >= 11 is 0. The quantitative estimate of drug-likeness (QED) is 0.785. The molecule has 1 N–H and O–H groups in total. The van der Waals surface area contributed by atoms with Gasteiger partial charge in [0.05, 0.1) is 7.11 Å². The first-order valence-electron chi connectivity index (χ1n) is 7.30. The predicted octanol–water partition coefficient (Wildman–Crippen LogP) is 2.53. The first-order chi connectivity index (χ1) is 10.6. The highest BCUT2D eigenvalue weighted by molar-refractivity contribution is 5.92. The van der Waals surface area contributed by atoms with E-state index in [0.717, 1.165) is 5.56 Å². The zero-order valence-electron chi connectivity index (χ0n) is 12.8. The van der Waals surface area contributed by atoms with Crippen molar-refractivity contribution in [1.82, 2.24) is 5.32 Å². The van der Waals surface area contributed by atoms with E-state index in [1.165, 1.54) is 26.0 Å². The van der Waals surface area contributed by atoms with E-state index in [2.05, 4.69) is 5.32 Å². The van der Waals surface area contributed by atoms with Gasteiger partial charge in [0, 0.05) is 12.1 Å². The maximum absolute atomic E-state index is 11.8. The number of ether oxygens (including phenoxy) is 2. The van der Waals surface area contributed by atoms with E-state index >= 15 is 0 Å². The van der Waals surface area contributed by atoms with Gasteiger partial charge in [-0.3, -0.25) is 4.79 Å². The molecule has 0 bridgehead atoms. The molecule has 0 radical (unpaired) electrons. The average Bonchev–Trinajstić information content (AvgIpc) is 3.36. The van der Waals surface area contributed by atoms with Gasteiger partial charge in [0.2, 0.25) is 5.91 Å². The van der Waals surface area contributed by atoms with Crippen molar-refractivity contribution in [3.8, 4) is 17.6 Å². The Bertz CT molecular complexity index is 600. The van der Waals surface area contributed by atoms with Crippen LogP contribution in [0.15, 0.2) is 24.3 Å². The smallest absolute Gasteiger partial charge is 0.244 e. The monoisotopic (exact) mass is 300 g/mol. The highest BCUT2D eigenvalue weighted by Crippen LogP contribution is 2.32. The minimum atomic E-state index is -0.0943. The van der Waals surface area contributed by atoms with Crippen molar-refractivity contribution in [3.63, 3.8) is 0 Å². The van der Waals surface area contributed by atoms with Crippen molar-refractivity contribution in [2.45, 2.75) is 25.8 Å². The van der Waals surface area contributed by atoms with Gasteiger partial charge in [-0.25, -0.2) is 0 Å². The predicted molar refractivity (Wildman–Crippen MR) is 83.5 cm³/mol. The summed E-state index contributed by atoms with van der Waals surface area (Å²) in [6.45, 7) is 2.00. The molecule has 0 saturated heterocycles. The summed E-state index contributed by atoms with van der Waals surface area (Å²) in [5.74, 6) is 1.58. The van der Waals surface area contributed by atoms with Crippen molar-refractivity contribution in [2.75, 3.05) is 13.7 Å². The van der Waals surface area contributed by atoms with Crippen molar-refractivity contribution in [2.24, 2.45) is 5.92 Å². The Morgan fingerprint density at radius 1 is 1.50 bits per heavy atom. The van der Waals surface area contributed by atoms with Gasteiger partial charge in [-0.2, -0.15) is 5.26 Å². The molecule has 1 atom stereocenters. The summed E-state index contributed by atoms with van der Waals surface area (Å²) in [7, 11) is 1.53. The van der Waals surface area contributed by atoms with E-state index in [9.17, 15) is 4.79 Å². The van der Waals surface area contributed by atoms with Gasteiger partial charge in [-0.05, 0) is 49.5 Å². The second-order valence-corrected chi connectivity index (χ2v) is 5.33. The number of rotatable bonds is 7. The minimum Gasteiger partial charge on any atom is -0.493 e. The van der Waals surface area contributed by atoms with Gasteiger partial charge in [-0.15, -0.1) is 0 Å². The first kappa shape index (κ1) is 15.9. The summed E-state index contributed by atoms with van der Waals surface area (Å²) in [4.78, 5) is 11.8. The van der Waals surface area contributed by atoms with Crippen molar-refractivity contribution in [3.05, 3.63) is 29.8 Å². The molecular formula is C17H20N2O3. The summed E-state index contributed by atoms with van der Waals surface area (Å²) < 4.78 is 10.5. The largest absolute Gasteiger partial charge is 0.493 e. The van der Waals surface area contributed by atoms with Crippen molar-refractivity contribution in [1.29, 1.82) is 5.26 Å². The topological polar surface area (TPSA) is 71.3 Å². The first-order valence-corrected chi connectivity index (χ1v) is 7.30. The second kappa shape index (κ2) is 7.51. The van der Waals surface area contributed by atoms with E-state index in [-0.39, 0.29) is 18.6 Å². The van der Waals surface area contributed by atoms with Gasteiger partial charge >= 0.3 is 0 Å². The molecule has 22 heavy (non-hydrogen) atoms. The molecule has 1 fully saturated rings. The third kappa shape index (κ3) is 4.52. The van der Waals surface area contributed by atoms with E-state index in [1.807, 2.05) is 19.1 Å². The molecule has 5 nitrogen and oxygen atoms in total. The highest BCUT2D eigenvalue weighted by atomic mass is 16.5. The Balaban J connectivity index is 1.97. The summed E-state index contributed by atoms with van der Waals surface area (Å²) in [5, 5.41) is 11.5. The second-order valence-electron chi connectivity index (χ2n) is 5.33. The SMILES string of the molecule is COc1cc(/C=C/C(=O)NC(C)C2CC2)ccc1OCC#N. The molecule has 0 spiro atoms. The fourth-order valence-corrected chi connectivity index (χ4v) is 2.18. The molecule has 0 aromatic heterocycles. The van der Waals surface area contributed by atoms with Gasteiger partial charge in [0.15, 0.2) is 18.1 Å². The van der Waals surface area contributed by atoms with Gasteiger partial charge in [-0.1, -0.05) is 6.07 Å². The molecule has 1 amide bonds. The normalized spacial score (nSPS) is 15.1. The van der Waals surface area contributed by atoms with Crippen LogP contribution >= 0.6 is 0 Å². The minimum absolute atomic E-state index is 0.0347. The lowest BCUT2D eigenvalue weighted by atomic mass is 10.1. The van der Waals surface area contributed by atoms with E-state index < -0.39 is 0 Å². The third-order valence-corrected chi connectivity index (χ3v) is 3.61. The van der Waals surface area contributed by atoms with Gasteiger partial charge in [0.1, 0.15) is 6.07 Å². The van der Waals surface area contributed by atoms with Crippen LogP contribution in [0.5, 0.6) is 11.5 Å². The molecule has 0 heterocycles. The van der Waals surface area contributed by atoms with Crippen LogP contribution in [-0.2, 0) is 4.79 Å². The molecule has 1 unspecified atom stereocenters. The van der Waals surface area contributed by atoms with E-state index in [4.69, 9.17) is 14.7 Å². The Hall–Kier alpha value is -2.48. The number of hydrogen-bond acceptors (Lipinski definition) is 4. The molecule has 1 aromatic carbocycles. The lowest BCUT2D eigenvalue weighted by Gasteiger charge is -2.10. The number of carbonyl (C=O) groups excluding carboxylic acids is 1. The summed E-state index contributed by atoms with van der Waals surface area (Å²) in [6.07, 6.45) is 5.65. The fraction of sp³-hybridized carbons (Fsp3) is 0.412. The Kier molecular flexibility index (Phi) is 5.42. The van der Waals surface area contributed by atoms with Crippen molar-refractivity contribution >= 4 is 12.0 Å². The van der Waals surface area contributed by atoms with Crippen LogP contribution in [0.3, 0.4) is 0 Å². The molecule has 1 aliphatic rings. The number of benzene rings is 1. The van der Waals surface area contributed by atoms with Gasteiger partial charge < -0.3 is 14.8 Å². The molecule has 5 heteroatoms. The number of nitriles is 1. The maximum atomic E-state index is 11.8. The number of amides is 1. The molecule has 1 aliphatic carbocycles. The summed E-state index contributed by atoms with van der Waals surface area (Å²) in [5.41, 5.74) is 0.829. The summed E-state index contributed by atoms with van der Waals surface area (Å²) in [6, 6.07) is 7.44. The molecular weight excluding hydrogens is 280 g/mol. The Morgan fingerprint density at radius 3 is 2.91 bits per heavy atom. The maximum Gasteiger partial charge on any atom is 0.244 e. The fourth-order valence-electron chi connectivity index (χ4n) is 2.18. The van der Waals surface area contributed by atoms with Crippen LogP contribution in [0.1, 0.15) is 25.3 Å². The Labute approximate surface area is 130 Å². The van der Waals surface area contributed by atoms with Crippen LogP contribution in [0.2, 0.25) is 0 Å².